The minimum atomic E-state index is -0.394. The van der Waals surface area contributed by atoms with Crippen LogP contribution in [0.2, 0.25) is 0 Å². The van der Waals surface area contributed by atoms with Crippen molar-refractivity contribution in [3.63, 3.8) is 0 Å². The lowest BCUT2D eigenvalue weighted by Crippen LogP contribution is -2.46. The van der Waals surface area contributed by atoms with Crippen LogP contribution in [-0.2, 0) is 12.0 Å². The van der Waals surface area contributed by atoms with Gasteiger partial charge in [0.2, 0.25) is 0 Å². The number of benzene rings is 1. The molecule has 2 heterocycles. The SMILES string of the molecule is COc1ccc2c3c1O[C@H]1C[C@@H](O)C=C(CC4CC4)[C@@]31CCN(C)C2. The summed E-state index contributed by atoms with van der Waals surface area (Å²) < 4.78 is 12.1. The predicted octanol–water partition coefficient (Wildman–Crippen LogP) is 3.02. The molecule has 4 aliphatic rings. The molecule has 0 bridgehead atoms. The van der Waals surface area contributed by atoms with Gasteiger partial charge in [-0.15, -0.1) is 0 Å². The first-order valence-electron chi connectivity index (χ1n) is 9.56. The summed E-state index contributed by atoms with van der Waals surface area (Å²) in [6.07, 6.45) is 7.28. The summed E-state index contributed by atoms with van der Waals surface area (Å²) in [5.74, 6) is 2.55. The summed E-state index contributed by atoms with van der Waals surface area (Å²) >= 11 is 0. The zero-order valence-electron chi connectivity index (χ0n) is 15.1. The Bertz CT molecular complexity index is 739. The molecular weight excluding hydrogens is 314 g/mol. The highest BCUT2D eigenvalue weighted by atomic mass is 16.5. The third-order valence-electron chi connectivity index (χ3n) is 6.64. The first-order valence-corrected chi connectivity index (χ1v) is 9.56. The van der Waals surface area contributed by atoms with E-state index in [2.05, 4.69) is 24.1 Å². The normalized spacial score (nSPS) is 33.8. The van der Waals surface area contributed by atoms with Crippen molar-refractivity contribution < 1.29 is 14.6 Å². The topological polar surface area (TPSA) is 41.9 Å². The van der Waals surface area contributed by atoms with Crippen LogP contribution in [0.3, 0.4) is 0 Å². The second-order valence-electron chi connectivity index (χ2n) is 8.34. The highest BCUT2D eigenvalue weighted by molar-refractivity contribution is 5.62. The van der Waals surface area contributed by atoms with Crippen LogP contribution < -0.4 is 9.47 Å². The van der Waals surface area contributed by atoms with E-state index in [1.165, 1.54) is 29.5 Å². The van der Waals surface area contributed by atoms with E-state index in [0.717, 1.165) is 43.3 Å². The number of hydrogen-bond acceptors (Lipinski definition) is 4. The number of methoxy groups -OCH3 is 1. The molecular formula is C21H27NO3. The van der Waals surface area contributed by atoms with Crippen LogP contribution in [-0.4, -0.2) is 42.9 Å². The summed E-state index contributed by atoms with van der Waals surface area (Å²) in [6.45, 7) is 2.00. The van der Waals surface area contributed by atoms with Gasteiger partial charge in [-0.3, -0.25) is 0 Å². The lowest BCUT2D eigenvalue weighted by atomic mass is 9.63. The Hall–Kier alpha value is -1.52. The van der Waals surface area contributed by atoms with Crippen LogP contribution in [0, 0.1) is 5.92 Å². The van der Waals surface area contributed by atoms with E-state index < -0.39 is 6.10 Å². The maximum Gasteiger partial charge on any atom is 0.166 e. The smallest absolute Gasteiger partial charge is 0.166 e. The monoisotopic (exact) mass is 341 g/mol. The second-order valence-corrected chi connectivity index (χ2v) is 8.34. The van der Waals surface area contributed by atoms with Crippen molar-refractivity contribution in [2.75, 3.05) is 20.7 Å². The lowest BCUT2D eigenvalue weighted by Gasteiger charge is -2.41. The van der Waals surface area contributed by atoms with Gasteiger partial charge in [0.25, 0.3) is 0 Å². The molecule has 1 aromatic carbocycles. The van der Waals surface area contributed by atoms with Gasteiger partial charge in [-0.2, -0.15) is 0 Å². The Morgan fingerprint density at radius 1 is 1.36 bits per heavy atom. The van der Waals surface area contributed by atoms with Crippen LogP contribution >= 0.6 is 0 Å². The van der Waals surface area contributed by atoms with Crippen molar-refractivity contribution in [2.24, 2.45) is 5.92 Å². The van der Waals surface area contributed by atoms with Gasteiger partial charge < -0.3 is 19.5 Å². The van der Waals surface area contributed by atoms with Gasteiger partial charge in [0.15, 0.2) is 11.5 Å². The molecule has 25 heavy (non-hydrogen) atoms. The van der Waals surface area contributed by atoms with Crippen LogP contribution in [0.1, 0.15) is 43.2 Å². The summed E-state index contributed by atoms with van der Waals surface area (Å²) in [4.78, 5) is 2.41. The molecule has 4 nitrogen and oxygen atoms in total. The Kier molecular flexibility index (Phi) is 3.45. The molecule has 1 aromatic rings. The van der Waals surface area contributed by atoms with Gasteiger partial charge >= 0.3 is 0 Å². The Labute approximate surface area is 149 Å². The number of hydrogen-bond donors (Lipinski definition) is 1. The maximum atomic E-state index is 10.5. The van der Waals surface area contributed by atoms with Crippen molar-refractivity contribution in [1.29, 1.82) is 0 Å². The minimum absolute atomic E-state index is 0.0257. The molecule has 0 saturated heterocycles. The van der Waals surface area contributed by atoms with E-state index in [-0.39, 0.29) is 11.5 Å². The molecule has 1 N–H and O–H groups in total. The van der Waals surface area contributed by atoms with Crippen molar-refractivity contribution in [3.8, 4) is 11.5 Å². The average Bonchev–Trinajstić information content (AvgIpc) is 3.34. The van der Waals surface area contributed by atoms with Gasteiger partial charge in [0.1, 0.15) is 6.10 Å². The lowest BCUT2D eigenvalue weighted by molar-refractivity contribution is 0.0740. The van der Waals surface area contributed by atoms with E-state index in [1.807, 2.05) is 6.07 Å². The molecule has 0 radical (unpaired) electrons. The standard InChI is InChI=1S/C21H27NO3/c1-22-8-7-21-15(9-13-3-4-13)10-16(23)11-18(21)25-20-17(24-2)6-5-14(12-22)19(20)21/h5-6,10,13,16,18,23H,3-4,7-9,11-12H2,1-2H3/t16-,18-,21+/m0/s1. The predicted molar refractivity (Wildman–Crippen MR) is 96.1 cm³/mol. The number of nitrogens with zero attached hydrogens (tertiary/aromatic N) is 1. The van der Waals surface area contributed by atoms with E-state index in [1.54, 1.807) is 7.11 Å². The van der Waals surface area contributed by atoms with E-state index in [0.29, 0.717) is 6.42 Å². The van der Waals surface area contributed by atoms with Crippen LogP contribution in [0.5, 0.6) is 11.5 Å². The van der Waals surface area contributed by atoms with Crippen molar-refractivity contribution in [1.82, 2.24) is 4.90 Å². The van der Waals surface area contributed by atoms with Gasteiger partial charge in [-0.25, -0.2) is 0 Å². The first-order chi connectivity index (χ1) is 12.1. The van der Waals surface area contributed by atoms with Crippen LogP contribution in [0.15, 0.2) is 23.8 Å². The molecule has 2 aliphatic carbocycles. The molecule has 134 valence electrons. The Morgan fingerprint density at radius 2 is 2.20 bits per heavy atom. The molecule has 0 amide bonds. The van der Waals surface area contributed by atoms with Gasteiger partial charge in [0, 0.05) is 18.5 Å². The highest BCUT2D eigenvalue weighted by Crippen LogP contribution is 2.60. The highest BCUT2D eigenvalue weighted by Gasteiger charge is 2.56. The minimum Gasteiger partial charge on any atom is -0.493 e. The van der Waals surface area contributed by atoms with Crippen molar-refractivity contribution >= 4 is 0 Å². The summed E-state index contributed by atoms with van der Waals surface area (Å²) in [5, 5.41) is 10.5. The van der Waals surface area contributed by atoms with E-state index in [4.69, 9.17) is 9.47 Å². The van der Waals surface area contributed by atoms with Gasteiger partial charge in [-0.05, 0) is 56.8 Å². The Morgan fingerprint density at radius 3 is 2.96 bits per heavy atom. The maximum absolute atomic E-state index is 10.5. The Balaban J connectivity index is 1.73. The molecule has 5 rings (SSSR count). The quantitative estimate of drug-likeness (QED) is 0.858. The molecule has 4 heteroatoms. The molecule has 3 atom stereocenters. The van der Waals surface area contributed by atoms with Crippen molar-refractivity contribution in [3.05, 3.63) is 34.9 Å². The van der Waals surface area contributed by atoms with Crippen LogP contribution in [0.4, 0.5) is 0 Å². The van der Waals surface area contributed by atoms with Gasteiger partial charge in [-0.1, -0.05) is 17.7 Å². The zero-order chi connectivity index (χ0) is 17.2. The van der Waals surface area contributed by atoms with Crippen molar-refractivity contribution in [2.45, 2.75) is 56.3 Å². The molecule has 0 aromatic heterocycles. The first kappa shape index (κ1) is 15.7. The van der Waals surface area contributed by atoms with E-state index >= 15 is 0 Å². The number of aliphatic hydroxyl groups excluding tert-OH is 1. The number of aliphatic hydroxyl groups is 1. The fourth-order valence-corrected chi connectivity index (χ4v) is 5.26. The second kappa shape index (κ2) is 5.49. The fraction of sp³-hybridized carbons (Fsp3) is 0.619. The molecule has 2 aliphatic heterocycles. The average molecular weight is 341 g/mol. The number of ether oxygens (including phenoxy) is 2. The fourth-order valence-electron chi connectivity index (χ4n) is 5.26. The summed E-state index contributed by atoms with van der Waals surface area (Å²) in [7, 11) is 3.92. The zero-order valence-corrected chi connectivity index (χ0v) is 15.1. The third kappa shape index (κ3) is 2.27. The third-order valence-corrected chi connectivity index (χ3v) is 6.64. The van der Waals surface area contributed by atoms with Gasteiger partial charge in [0.05, 0.1) is 18.6 Å². The summed E-state index contributed by atoms with van der Waals surface area (Å²) in [5.41, 5.74) is 4.05. The molecule has 1 spiro atoms. The number of rotatable bonds is 3. The molecule has 1 fully saturated rings. The molecule has 1 saturated carbocycles. The summed E-state index contributed by atoms with van der Waals surface area (Å²) in [6, 6.07) is 4.26. The largest absolute Gasteiger partial charge is 0.493 e. The van der Waals surface area contributed by atoms with Crippen LogP contribution in [0.25, 0.3) is 0 Å². The van der Waals surface area contributed by atoms with E-state index in [9.17, 15) is 5.11 Å². The molecule has 0 unspecified atom stereocenters.